The summed E-state index contributed by atoms with van der Waals surface area (Å²) >= 11 is 5.24. The summed E-state index contributed by atoms with van der Waals surface area (Å²) in [4.78, 5) is 10.6. The molecule has 8 nitrogen and oxygen atoms in total. The van der Waals surface area contributed by atoms with Crippen LogP contribution in [0.5, 0.6) is 11.5 Å². The number of hydrogen-bond acceptors (Lipinski definition) is 7. The van der Waals surface area contributed by atoms with E-state index in [0.717, 1.165) is 11.3 Å². The van der Waals surface area contributed by atoms with Crippen LogP contribution in [-0.4, -0.2) is 40.8 Å². The number of benzene rings is 2. The number of ether oxygens (including phenoxy) is 2. The third-order valence-corrected chi connectivity index (χ3v) is 3.84. The molecule has 0 saturated carbocycles. The number of methoxy groups -OCH3 is 1. The van der Waals surface area contributed by atoms with Gasteiger partial charge in [0.2, 0.25) is 4.77 Å². The predicted molar refractivity (Wildman–Crippen MR) is 99.3 cm³/mol. The minimum absolute atomic E-state index is 0.310. The van der Waals surface area contributed by atoms with E-state index in [-0.39, 0.29) is 0 Å². The fourth-order valence-corrected chi connectivity index (χ4v) is 2.48. The first-order chi connectivity index (χ1) is 13.1. The van der Waals surface area contributed by atoms with E-state index in [4.69, 9.17) is 21.7 Å². The summed E-state index contributed by atoms with van der Waals surface area (Å²) in [5, 5.41) is 21.9. The van der Waals surface area contributed by atoms with Crippen LogP contribution >= 0.6 is 12.2 Å². The zero-order chi connectivity index (χ0) is 19.2. The van der Waals surface area contributed by atoms with Crippen LogP contribution in [-0.2, 0) is 4.79 Å². The molecule has 0 bridgehead atoms. The van der Waals surface area contributed by atoms with Gasteiger partial charge in [-0.25, -0.2) is 5.10 Å². The van der Waals surface area contributed by atoms with Gasteiger partial charge in [-0.2, -0.15) is 14.9 Å². The van der Waals surface area contributed by atoms with Crippen LogP contribution in [0.1, 0.15) is 5.56 Å². The Balaban J connectivity index is 1.91. The van der Waals surface area contributed by atoms with Crippen LogP contribution in [0, 0.1) is 4.77 Å². The lowest BCUT2D eigenvalue weighted by Gasteiger charge is -2.09. The van der Waals surface area contributed by atoms with Gasteiger partial charge >= 0.3 is 0 Å². The van der Waals surface area contributed by atoms with Gasteiger partial charge in [0.15, 0.2) is 5.82 Å². The summed E-state index contributed by atoms with van der Waals surface area (Å²) in [5.74, 6) is 0.306. The van der Waals surface area contributed by atoms with Crippen LogP contribution in [0.25, 0.3) is 11.4 Å². The van der Waals surface area contributed by atoms with Crippen molar-refractivity contribution in [2.45, 2.75) is 0 Å². The van der Waals surface area contributed by atoms with E-state index in [0.29, 0.717) is 21.9 Å². The first-order valence-corrected chi connectivity index (χ1v) is 8.27. The fourth-order valence-electron chi connectivity index (χ4n) is 2.30. The normalized spacial score (nSPS) is 10.9. The number of nitrogens with one attached hydrogen (secondary N) is 1. The lowest BCUT2D eigenvalue weighted by molar-refractivity contribution is -0.307. The van der Waals surface area contributed by atoms with Gasteiger partial charge in [-0.05, 0) is 48.6 Å². The number of carboxylic acid groups (broad SMARTS) is 1. The molecule has 3 aromatic rings. The van der Waals surface area contributed by atoms with Crippen molar-refractivity contribution in [2.24, 2.45) is 5.10 Å². The van der Waals surface area contributed by atoms with Crippen molar-refractivity contribution in [3.8, 4) is 22.9 Å². The summed E-state index contributed by atoms with van der Waals surface area (Å²) in [5.41, 5.74) is 1.38. The summed E-state index contributed by atoms with van der Waals surface area (Å²) in [6, 6.07) is 14.2. The van der Waals surface area contributed by atoms with E-state index >= 15 is 0 Å². The molecule has 0 amide bonds. The summed E-state index contributed by atoms with van der Waals surface area (Å²) in [6.07, 6.45) is 1.52. The Labute approximate surface area is 159 Å². The highest BCUT2D eigenvalue weighted by atomic mass is 32.1. The molecular weight excluding hydrogens is 368 g/mol. The lowest BCUT2D eigenvalue weighted by atomic mass is 10.2. The Morgan fingerprint density at radius 2 is 2.04 bits per heavy atom. The monoisotopic (exact) mass is 383 g/mol. The molecule has 0 spiro atoms. The molecule has 1 N–H and O–H groups in total. The molecule has 0 atom stereocenters. The maximum atomic E-state index is 10.6. The van der Waals surface area contributed by atoms with Crippen molar-refractivity contribution in [3.05, 3.63) is 58.9 Å². The van der Waals surface area contributed by atoms with Crippen LogP contribution < -0.4 is 14.6 Å². The first-order valence-electron chi connectivity index (χ1n) is 7.86. The van der Waals surface area contributed by atoms with Crippen LogP contribution in [0.3, 0.4) is 0 Å². The van der Waals surface area contributed by atoms with E-state index in [1.165, 1.54) is 10.9 Å². The summed E-state index contributed by atoms with van der Waals surface area (Å²) in [6.45, 7) is -0.549. The van der Waals surface area contributed by atoms with Crippen LogP contribution in [0.15, 0.2) is 53.6 Å². The number of carbonyl (C=O) groups is 1. The van der Waals surface area contributed by atoms with Gasteiger partial charge in [0.1, 0.15) is 18.1 Å². The van der Waals surface area contributed by atoms with Crippen molar-refractivity contribution in [3.63, 3.8) is 0 Å². The second-order valence-electron chi connectivity index (χ2n) is 5.34. The van der Waals surface area contributed by atoms with Gasteiger partial charge < -0.3 is 19.4 Å². The highest BCUT2D eigenvalue weighted by molar-refractivity contribution is 7.71. The number of rotatable bonds is 7. The second-order valence-corrected chi connectivity index (χ2v) is 5.72. The lowest BCUT2D eigenvalue weighted by Crippen LogP contribution is -2.29. The third kappa shape index (κ3) is 4.39. The molecule has 0 unspecified atom stereocenters. The number of nitrogens with zero attached hydrogens (tertiary/aromatic N) is 3. The number of para-hydroxylation sites is 1. The number of H-pyrrole nitrogens is 1. The predicted octanol–water partition coefficient (Wildman–Crippen LogP) is 1.63. The average Bonchev–Trinajstić information content (AvgIpc) is 3.05. The second kappa shape index (κ2) is 8.28. The number of hydrogen-bond donors (Lipinski definition) is 1. The van der Waals surface area contributed by atoms with E-state index in [9.17, 15) is 9.90 Å². The Morgan fingerprint density at radius 1 is 1.30 bits per heavy atom. The molecule has 0 aliphatic rings. The molecule has 0 radical (unpaired) electrons. The quantitative estimate of drug-likeness (QED) is 0.491. The Bertz CT molecular complexity index is 1020. The molecule has 3 rings (SSSR count). The molecule has 1 heterocycles. The van der Waals surface area contributed by atoms with Gasteiger partial charge in [0.25, 0.3) is 0 Å². The third-order valence-electron chi connectivity index (χ3n) is 3.58. The van der Waals surface area contributed by atoms with Gasteiger partial charge in [-0.15, -0.1) is 0 Å². The smallest absolute Gasteiger partial charge is 0.216 e. The SMILES string of the molecule is COc1ccc(-c2n[nH]c(=S)n2/N=C\c2ccccc2OCC(=O)[O-])cc1. The summed E-state index contributed by atoms with van der Waals surface area (Å²) in [7, 11) is 1.59. The minimum atomic E-state index is -1.31. The van der Waals surface area contributed by atoms with Gasteiger partial charge in [-0.3, -0.25) is 0 Å². The van der Waals surface area contributed by atoms with Crippen LogP contribution in [0.4, 0.5) is 0 Å². The molecule has 0 aliphatic carbocycles. The van der Waals surface area contributed by atoms with Crippen LogP contribution in [0.2, 0.25) is 0 Å². The van der Waals surface area contributed by atoms with E-state index in [1.807, 2.05) is 24.3 Å². The maximum Gasteiger partial charge on any atom is 0.216 e. The topological polar surface area (TPSA) is 105 Å². The Hall–Kier alpha value is -3.46. The molecule has 0 aliphatic heterocycles. The molecular formula is C18H15N4O4S-. The van der Waals surface area contributed by atoms with Crippen molar-refractivity contribution < 1.29 is 19.4 Å². The van der Waals surface area contributed by atoms with Gasteiger partial charge in [-0.1, -0.05) is 12.1 Å². The van der Waals surface area contributed by atoms with Crippen molar-refractivity contribution in [1.82, 2.24) is 14.9 Å². The fraction of sp³-hybridized carbons (Fsp3) is 0.111. The molecule has 27 heavy (non-hydrogen) atoms. The van der Waals surface area contributed by atoms with Crippen molar-refractivity contribution in [1.29, 1.82) is 0 Å². The Kier molecular flexibility index (Phi) is 5.62. The molecule has 2 aromatic carbocycles. The minimum Gasteiger partial charge on any atom is -0.546 e. The Morgan fingerprint density at radius 3 is 2.74 bits per heavy atom. The average molecular weight is 383 g/mol. The molecule has 0 saturated heterocycles. The van der Waals surface area contributed by atoms with Crippen molar-refractivity contribution >= 4 is 24.4 Å². The zero-order valence-corrected chi connectivity index (χ0v) is 15.1. The van der Waals surface area contributed by atoms with Crippen molar-refractivity contribution in [2.75, 3.05) is 13.7 Å². The molecule has 1 aromatic heterocycles. The number of aromatic amines is 1. The molecule has 138 valence electrons. The summed E-state index contributed by atoms with van der Waals surface area (Å²) < 4.78 is 12.1. The zero-order valence-electron chi connectivity index (χ0n) is 14.3. The largest absolute Gasteiger partial charge is 0.546 e. The van der Waals surface area contributed by atoms with Gasteiger partial charge in [0, 0.05) is 11.1 Å². The van der Waals surface area contributed by atoms with E-state index < -0.39 is 12.6 Å². The maximum absolute atomic E-state index is 10.6. The number of carbonyl (C=O) groups excluding carboxylic acids is 1. The van der Waals surface area contributed by atoms with E-state index in [1.54, 1.807) is 31.4 Å². The first kappa shape index (κ1) is 18.3. The molecule has 0 fully saturated rings. The standard InChI is InChI=1S/C18H16N4O4S/c1-25-14-8-6-12(7-9-14)17-20-21-18(27)22(17)19-10-13-4-2-3-5-15(13)26-11-16(23)24/h2-10H,11H2,1H3,(H,21,27)(H,23,24)/p-1/b19-10-. The highest BCUT2D eigenvalue weighted by Crippen LogP contribution is 2.21. The molecule has 9 heteroatoms. The van der Waals surface area contributed by atoms with Gasteiger partial charge in [0.05, 0.1) is 19.3 Å². The highest BCUT2D eigenvalue weighted by Gasteiger charge is 2.09. The number of aliphatic carboxylic acids is 1. The van der Waals surface area contributed by atoms with E-state index in [2.05, 4.69) is 15.3 Å². The number of carboxylic acids is 1. The number of aromatic nitrogens is 3.